The summed E-state index contributed by atoms with van der Waals surface area (Å²) >= 11 is 7.36. The van der Waals surface area contributed by atoms with Crippen molar-refractivity contribution in [3.63, 3.8) is 0 Å². The smallest absolute Gasteiger partial charge is 0.234 e. The van der Waals surface area contributed by atoms with E-state index in [0.29, 0.717) is 33.2 Å². The number of methoxy groups -OCH3 is 2. The van der Waals surface area contributed by atoms with E-state index in [2.05, 4.69) is 15.5 Å². The Morgan fingerprint density at radius 2 is 1.69 bits per heavy atom. The van der Waals surface area contributed by atoms with Gasteiger partial charge in [-0.1, -0.05) is 41.1 Å². The minimum Gasteiger partial charge on any atom is -0.493 e. The molecule has 0 atom stereocenters. The van der Waals surface area contributed by atoms with Gasteiger partial charge in [-0.3, -0.25) is 9.36 Å². The van der Waals surface area contributed by atoms with Crippen LogP contribution in [0.1, 0.15) is 11.4 Å². The fraction of sp³-hybridized carbons (Fsp3) is 0.192. The number of carbonyl (C=O) groups excluding carboxylic acids is 1. The maximum absolute atomic E-state index is 12.7. The summed E-state index contributed by atoms with van der Waals surface area (Å²) < 4.78 is 18.3. The first-order valence-electron chi connectivity index (χ1n) is 11.0. The number of amides is 1. The van der Waals surface area contributed by atoms with Gasteiger partial charge in [-0.05, 0) is 55.5 Å². The molecule has 0 saturated carbocycles. The standard InChI is InChI=1S/C26H25ClN4O4S/c1-17-4-11-21(12-5-17)35-15-24-29-30-26(31(24)20-9-6-18(27)7-10-20)36-16-25(32)28-19-8-13-22(33-2)23(14-19)34-3/h4-14H,15-16H2,1-3H3,(H,28,32). The molecule has 0 aliphatic carbocycles. The summed E-state index contributed by atoms with van der Waals surface area (Å²) in [4.78, 5) is 12.7. The van der Waals surface area contributed by atoms with Gasteiger partial charge in [0, 0.05) is 22.5 Å². The monoisotopic (exact) mass is 524 g/mol. The van der Waals surface area contributed by atoms with E-state index in [0.717, 1.165) is 17.0 Å². The van der Waals surface area contributed by atoms with Gasteiger partial charge in [-0.15, -0.1) is 10.2 Å². The quantitative estimate of drug-likeness (QED) is 0.272. The summed E-state index contributed by atoms with van der Waals surface area (Å²) in [6.07, 6.45) is 0. The number of hydrogen-bond donors (Lipinski definition) is 1. The van der Waals surface area contributed by atoms with Crippen LogP contribution in [0.3, 0.4) is 0 Å². The zero-order chi connectivity index (χ0) is 25.5. The largest absolute Gasteiger partial charge is 0.493 e. The first kappa shape index (κ1) is 25.4. The molecule has 0 radical (unpaired) electrons. The lowest BCUT2D eigenvalue weighted by Crippen LogP contribution is -2.15. The van der Waals surface area contributed by atoms with Crippen LogP contribution in [0.5, 0.6) is 17.2 Å². The summed E-state index contributed by atoms with van der Waals surface area (Å²) in [6, 6.07) is 20.3. The lowest BCUT2D eigenvalue weighted by atomic mass is 10.2. The van der Waals surface area contributed by atoms with Gasteiger partial charge in [0.2, 0.25) is 5.91 Å². The second-order valence-corrected chi connectivity index (χ2v) is 9.10. The van der Waals surface area contributed by atoms with Crippen molar-refractivity contribution in [2.45, 2.75) is 18.7 Å². The topological polar surface area (TPSA) is 87.5 Å². The molecule has 1 aromatic heterocycles. The zero-order valence-electron chi connectivity index (χ0n) is 20.0. The number of benzene rings is 3. The summed E-state index contributed by atoms with van der Waals surface area (Å²) in [7, 11) is 3.10. The molecule has 4 rings (SSSR count). The number of aromatic nitrogens is 3. The van der Waals surface area contributed by atoms with Crippen LogP contribution in [0.2, 0.25) is 5.02 Å². The third-order valence-electron chi connectivity index (χ3n) is 5.17. The number of halogens is 1. The van der Waals surface area contributed by atoms with Crippen molar-refractivity contribution in [1.29, 1.82) is 0 Å². The molecule has 0 saturated heterocycles. The van der Waals surface area contributed by atoms with Crippen LogP contribution in [0.15, 0.2) is 71.9 Å². The van der Waals surface area contributed by atoms with Crippen molar-refractivity contribution < 1.29 is 19.0 Å². The maximum atomic E-state index is 12.7. The predicted octanol–water partition coefficient (Wildman–Crippen LogP) is 5.56. The van der Waals surface area contributed by atoms with Crippen LogP contribution in [0.4, 0.5) is 5.69 Å². The molecule has 0 unspecified atom stereocenters. The average molecular weight is 525 g/mol. The summed E-state index contributed by atoms with van der Waals surface area (Å²) in [5.74, 6) is 2.37. The van der Waals surface area contributed by atoms with Crippen LogP contribution >= 0.6 is 23.4 Å². The van der Waals surface area contributed by atoms with Gasteiger partial charge >= 0.3 is 0 Å². The van der Waals surface area contributed by atoms with Gasteiger partial charge in [-0.2, -0.15) is 0 Å². The van der Waals surface area contributed by atoms with Gasteiger partial charge in [-0.25, -0.2) is 0 Å². The molecule has 0 bridgehead atoms. The van der Waals surface area contributed by atoms with E-state index in [1.54, 1.807) is 44.6 Å². The molecule has 1 heterocycles. The Morgan fingerprint density at radius 1 is 0.972 bits per heavy atom. The van der Waals surface area contributed by atoms with E-state index in [4.69, 9.17) is 25.8 Å². The normalized spacial score (nSPS) is 10.7. The fourth-order valence-electron chi connectivity index (χ4n) is 3.36. The lowest BCUT2D eigenvalue weighted by molar-refractivity contribution is -0.113. The third-order valence-corrected chi connectivity index (χ3v) is 6.35. The first-order valence-corrected chi connectivity index (χ1v) is 12.4. The Morgan fingerprint density at radius 3 is 2.39 bits per heavy atom. The molecule has 1 amide bonds. The Bertz CT molecular complexity index is 1330. The van der Waals surface area contributed by atoms with Crippen LogP contribution < -0.4 is 19.5 Å². The SMILES string of the molecule is COc1ccc(NC(=O)CSc2nnc(COc3ccc(C)cc3)n2-c2ccc(Cl)cc2)cc1OC. The van der Waals surface area contributed by atoms with Crippen LogP contribution in [-0.4, -0.2) is 40.6 Å². The van der Waals surface area contributed by atoms with E-state index >= 15 is 0 Å². The third kappa shape index (κ3) is 6.30. The van der Waals surface area contributed by atoms with Gasteiger partial charge < -0.3 is 19.5 Å². The number of aryl methyl sites for hydroxylation is 1. The molecule has 1 N–H and O–H groups in total. The van der Waals surface area contributed by atoms with Gasteiger partial charge in [0.05, 0.1) is 20.0 Å². The van der Waals surface area contributed by atoms with E-state index < -0.39 is 0 Å². The molecule has 3 aromatic carbocycles. The lowest BCUT2D eigenvalue weighted by Gasteiger charge is -2.12. The summed E-state index contributed by atoms with van der Waals surface area (Å²) in [5, 5.41) is 12.7. The molecular weight excluding hydrogens is 500 g/mol. The molecule has 0 aliphatic heterocycles. The Hall–Kier alpha value is -3.69. The highest BCUT2D eigenvalue weighted by molar-refractivity contribution is 7.99. The van der Waals surface area contributed by atoms with Crippen molar-refractivity contribution in [1.82, 2.24) is 14.8 Å². The number of carbonyl (C=O) groups is 1. The van der Waals surface area contributed by atoms with Crippen LogP contribution in [0.25, 0.3) is 5.69 Å². The fourth-order valence-corrected chi connectivity index (χ4v) is 4.26. The van der Waals surface area contributed by atoms with Gasteiger partial charge in [0.15, 0.2) is 22.5 Å². The highest BCUT2D eigenvalue weighted by atomic mass is 35.5. The molecule has 8 nitrogen and oxygen atoms in total. The number of nitrogens with zero attached hydrogens (tertiary/aromatic N) is 3. The van der Waals surface area contributed by atoms with Gasteiger partial charge in [0.1, 0.15) is 12.4 Å². The number of nitrogens with one attached hydrogen (secondary N) is 1. The zero-order valence-corrected chi connectivity index (χ0v) is 21.6. The van der Waals surface area contributed by atoms with Crippen LogP contribution in [-0.2, 0) is 11.4 Å². The predicted molar refractivity (Wildman–Crippen MR) is 141 cm³/mol. The van der Waals surface area contributed by atoms with Crippen molar-refractivity contribution in [3.8, 4) is 22.9 Å². The number of anilines is 1. The molecule has 0 fully saturated rings. The molecule has 0 aliphatic rings. The highest BCUT2D eigenvalue weighted by Crippen LogP contribution is 2.30. The molecule has 186 valence electrons. The molecule has 4 aromatic rings. The van der Waals surface area contributed by atoms with Crippen molar-refractivity contribution >= 4 is 35.0 Å². The van der Waals surface area contributed by atoms with E-state index in [-0.39, 0.29) is 18.3 Å². The minimum atomic E-state index is -0.199. The Labute approximate surface area is 218 Å². The Kier molecular flexibility index (Phi) is 8.35. The second kappa shape index (κ2) is 11.8. The van der Waals surface area contributed by atoms with E-state index in [1.807, 2.05) is 47.9 Å². The van der Waals surface area contributed by atoms with Crippen LogP contribution in [0, 0.1) is 6.92 Å². The molecular formula is C26H25ClN4O4S. The number of hydrogen-bond acceptors (Lipinski definition) is 7. The molecule has 0 spiro atoms. The van der Waals surface area contributed by atoms with Crippen molar-refractivity contribution in [2.75, 3.05) is 25.3 Å². The van der Waals surface area contributed by atoms with E-state index in [1.165, 1.54) is 11.8 Å². The molecule has 10 heteroatoms. The number of thioether (sulfide) groups is 1. The summed E-state index contributed by atoms with van der Waals surface area (Å²) in [6.45, 7) is 2.23. The minimum absolute atomic E-state index is 0.124. The van der Waals surface area contributed by atoms with Crippen molar-refractivity contribution in [3.05, 3.63) is 83.1 Å². The average Bonchev–Trinajstić information content (AvgIpc) is 3.30. The first-order chi connectivity index (χ1) is 17.5. The second-order valence-electron chi connectivity index (χ2n) is 7.72. The van der Waals surface area contributed by atoms with Crippen molar-refractivity contribution in [2.24, 2.45) is 0 Å². The van der Waals surface area contributed by atoms with Gasteiger partial charge in [0.25, 0.3) is 0 Å². The Balaban J connectivity index is 1.49. The molecule has 36 heavy (non-hydrogen) atoms. The number of ether oxygens (including phenoxy) is 3. The van der Waals surface area contributed by atoms with E-state index in [9.17, 15) is 4.79 Å². The summed E-state index contributed by atoms with van der Waals surface area (Å²) in [5.41, 5.74) is 2.57. The highest BCUT2D eigenvalue weighted by Gasteiger charge is 2.17. The maximum Gasteiger partial charge on any atom is 0.234 e. The number of rotatable bonds is 10.